The van der Waals surface area contributed by atoms with Crippen molar-refractivity contribution < 1.29 is 0 Å². The predicted octanol–water partition coefficient (Wildman–Crippen LogP) is 4.13. The van der Waals surface area contributed by atoms with E-state index in [9.17, 15) is 0 Å². The molecule has 0 saturated carbocycles. The molecule has 1 aromatic heterocycles. The Balaban J connectivity index is 2.60. The van der Waals surface area contributed by atoms with Gasteiger partial charge in [-0.15, -0.1) is 9.24 Å². The van der Waals surface area contributed by atoms with E-state index >= 15 is 0 Å². The molecule has 84 valence electrons. The molecule has 0 aliphatic rings. The maximum atomic E-state index is 4.41. The summed E-state index contributed by atoms with van der Waals surface area (Å²) in [6.45, 7) is 4.51. The van der Waals surface area contributed by atoms with Crippen LogP contribution in [0.25, 0.3) is 10.9 Å². The molecule has 2 atom stereocenters. The smallest absolute Gasteiger partial charge is 0.0705 e. The zero-order valence-corrected chi connectivity index (χ0v) is 11.1. The molecule has 2 heteroatoms. The lowest BCUT2D eigenvalue weighted by atomic mass is 9.92. The maximum absolute atomic E-state index is 4.41. The lowest BCUT2D eigenvalue weighted by molar-refractivity contribution is 0.612. The van der Waals surface area contributed by atoms with Gasteiger partial charge in [0, 0.05) is 16.7 Å². The second kappa shape index (κ2) is 4.51. The largest absolute Gasteiger partial charge is 0.256 e. The molecule has 0 fully saturated rings. The van der Waals surface area contributed by atoms with Crippen molar-refractivity contribution in [3.63, 3.8) is 0 Å². The van der Waals surface area contributed by atoms with Crippen LogP contribution in [-0.4, -0.2) is 4.98 Å². The van der Waals surface area contributed by atoms with E-state index in [-0.39, 0.29) is 5.16 Å². The van der Waals surface area contributed by atoms with Gasteiger partial charge in [-0.25, -0.2) is 0 Å². The highest BCUT2D eigenvalue weighted by atomic mass is 31.0. The Kier molecular flexibility index (Phi) is 3.25. The number of nitrogens with zero attached hydrogens (tertiary/aromatic N) is 1. The molecule has 0 bridgehead atoms. The van der Waals surface area contributed by atoms with Crippen molar-refractivity contribution in [1.82, 2.24) is 4.98 Å². The van der Waals surface area contributed by atoms with Crippen molar-refractivity contribution in [2.45, 2.75) is 31.8 Å². The molecule has 0 N–H and O–H groups in total. The molecule has 0 aliphatic carbocycles. The molecular weight excluding hydrogens is 213 g/mol. The van der Waals surface area contributed by atoms with Gasteiger partial charge in [-0.2, -0.15) is 0 Å². The molecule has 2 unspecified atom stereocenters. The van der Waals surface area contributed by atoms with Gasteiger partial charge in [0.1, 0.15) is 0 Å². The Bertz CT molecular complexity index is 486. The molecule has 0 amide bonds. The van der Waals surface area contributed by atoms with Gasteiger partial charge < -0.3 is 0 Å². The van der Waals surface area contributed by atoms with Crippen LogP contribution in [0.2, 0.25) is 0 Å². The fraction of sp³-hybridized carbons (Fsp3) is 0.357. The van der Waals surface area contributed by atoms with E-state index in [2.05, 4.69) is 52.3 Å². The van der Waals surface area contributed by atoms with Gasteiger partial charge in [0.15, 0.2) is 0 Å². The summed E-state index contributed by atoms with van der Waals surface area (Å²) in [4.78, 5) is 4.41. The Morgan fingerprint density at radius 3 is 2.75 bits per heavy atom. The number of aromatic nitrogens is 1. The summed E-state index contributed by atoms with van der Waals surface area (Å²) >= 11 is 0. The Labute approximate surface area is 99.5 Å². The average molecular weight is 231 g/mol. The highest BCUT2D eigenvalue weighted by Crippen LogP contribution is 2.38. The molecule has 0 spiro atoms. The van der Waals surface area contributed by atoms with E-state index in [1.807, 2.05) is 12.3 Å². The van der Waals surface area contributed by atoms with E-state index in [1.54, 1.807) is 0 Å². The summed E-state index contributed by atoms with van der Waals surface area (Å²) in [5.41, 5.74) is 2.47. The number of para-hydroxylation sites is 1. The van der Waals surface area contributed by atoms with Crippen LogP contribution in [0.5, 0.6) is 0 Å². The van der Waals surface area contributed by atoms with Crippen LogP contribution in [0.15, 0.2) is 36.5 Å². The average Bonchev–Trinajstić information content (AvgIpc) is 2.28. The first-order valence-electron chi connectivity index (χ1n) is 5.78. The first kappa shape index (κ1) is 11.5. The maximum Gasteiger partial charge on any atom is 0.0705 e. The molecule has 1 nitrogen and oxygen atoms in total. The van der Waals surface area contributed by atoms with Gasteiger partial charge in [-0.05, 0) is 24.1 Å². The van der Waals surface area contributed by atoms with E-state index in [0.29, 0.717) is 0 Å². The molecule has 0 saturated heterocycles. The lowest BCUT2D eigenvalue weighted by Gasteiger charge is -2.25. The molecular formula is C14H18NP. The summed E-state index contributed by atoms with van der Waals surface area (Å²) in [5.74, 6) is 0. The summed E-state index contributed by atoms with van der Waals surface area (Å²) < 4.78 is 0. The number of rotatable bonds is 3. The molecule has 16 heavy (non-hydrogen) atoms. The fourth-order valence-corrected chi connectivity index (χ4v) is 2.79. The van der Waals surface area contributed by atoms with Crippen molar-refractivity contribution in [2.75, 3.05) is 0 Å². The molecule has 1 heterocycles. The van der Waals surface area contributed by atoms with Crippen LogP contribution in [-0.2, 0) is 5.16 Å². The Hall–Kier alpha value is -0.940. The third-order valence-electron chi connectivity index (χ3n) is 3.03. The van der Waals surface area contributed by atoms with Crippen LogP contribution in [0.3, 0.4) is 0 Å². The summed E-state index contributed by atoms with van der Waals surface area (Å²) in [6, 6.07) is 10.5. The number of fused-ring (bicyclic) bond motifs is 1. The van der Waals surface area contributed by atoms with Crippen molar-refractivity contribution in [3.8, 4) is 0 Å². The molecule has 0 radical (unpaired) electrons. The number of hydrogen-bond acceptors (Lipinski definition) is 1. The van der Waals surface area contributed by atoms with Crippen molar-refractivity contribution >= 4 is 20.1 Å². The first-order chi connectivity index (χ1) is 7.65. The number of hydrogen-bond donors (Lipinski definition) is 0. The highest BCUT2D eigenvalue weighted by Gasteiger charge is 2.21. The standard InChI is InChI=1S/C14H18NP/c1-3-9-14(2,16)12-8-10-15-13-7-5-4-6-11(12)13/h4-8,10H,3,9,16H2,1-2H3. The van der Waals surface area contributed by atoms with Gasteiger partial charge in [-0.3, -0.25) is 4.98 Å². The number of benzene rings is 1. The zero-order valence-electron chi connectivity index (χ0n) is 9.90. The van der Waals surface area contributed by atoms with Crippen LogP contribution in [0, 0.1) is 0 Å². The monoisotopic (exact) mass is 231 g/mol. The van der Waals surface area contributed by atoms with Crippen LogP contribution >= 0.6 is 9.24 Å². The lowest BCUT2D eigenvalue weighted by Crippen LogP contribution is -2.13. The van der Waals surface area contributed by atoms with Gasteiger partial charge in [-0.1, -0.05) is 38.5 Å². The minimum absolute atomic E-state index is 0.150. The van der Waals surface area contributed by atoms with Gasteiger partial charge >= 0.3 is 0 Å². The first-order valence-corrected chi connectivity index (χ1v) is 6.36. The highest BCUT2D eigenvalue weighted by molar-refractivity contribution is 7.18. The Morgan fingerprint density at radius 1 is 1.25 bits per heavy atom. The van der Waals surface area contributed by atoms with Gasteiger partial charge in [0.2, 0.25) is 0 Å². The fourth-order valence-electron chi connectivity index (χ4n) is 2.25. The van der Waals surface area contributed by atoms with E-state index in [1.165, 1.54) is 23.8 Å². The second-order valence-electron chi connectivity index (χ2n) is 4.54. The van der Waals surface area contributed by atoms with Gasteiger partial charge in [0.05, 0.1) is 5.52 Å². The second-order valence-corrected chi connectivity index (χ2v) is 5.82. The van der Waals surface area contributed by atoms with E-state index in [0.717, 1.165) is 5.52 Å². The normalized spacial score (nSPS) is 14.9. The van der Waals surface area contributed by atoms with Crippen molar-refractivity contribution in [1.29, 1.82) is 0 Å². The SMILES string of the molecule is CCCC(C)(P)c1ccnc2ccccc12. The minimum atomic E-state index is 0.150. The zero-order chi connectivity index (χ0) is 11.6. The van der Waals surface area contributed by atoms with E-state index in [4.69, 9.17) is 0 Å². The summed E-state index contributed by atoms with van der Waals surface area (Å²) in [5, 5.41) is 1.42. The van der Waals surface area contributed by atoms with Gasteiger partial charge in [0.25, 0.3) is 0 Å². The minimum Gasteiger partial charge on any atom is -0.256 e. The summed E-state index contributed by atoms with van der Waals surface area (Å²) in [7, 11) is 3.00. The molecule has 0 aliphatic heterocycles. The third kappa shape index (κ3) is 2.10. The number of pyridine rings is 1. The third-order valence-corrected chi connectivity index (χ3v) is 3.63. The van der Waals surface area contributed by atoms with Crippen LogP contribution in [0.1, 0.15) is 32.3 Å². The van der Waals surface area contributed by atoms with Crippen LogP contribution < -0.4 is 0 Å². The predicted molar refractivity (Wildman–Crippen MR) is 73.7 cm³/mol. The molecule has 1 aromatic carbocycles. The Morgan fingerprint density at radius 2 is 2.00 bits per heavy atom. The summed E-state index contributed by atoms with van der Waals surface area (Å²) in [6.07, 6.45) is 4.28. The topological polar surface area (TPSA) is 12.9 Å². The molecule has 2 rings (SSSR count). The quantitative estimate of drug-likeness (QED) is 0.724. The van der Waals surface area contributed by atoms with E-state index < -0.39 is 0 Å². The van der Waals surface area contributed by atoms with Crippen molar-refractivity contribution in [2.24, 2.45) is 0 Å². The van der Waals surface area contributed by atoms with Crippen LogP contribution in [0.4, 0.5) is 0 Å². The molecule has 2 aromatic rings. The van der Waals surface area contributed by atoms with Crippen molar-refractivity contribution in [3.05, 3.63) is 42.1 Å².